The monoisotopic (exact) mass is 317 g/mol. The maximum atomic E-state index is 13.6. The van der Waals surface area contributed by atoms with E-state index in [1.807, 2.05) is 0 Å². The highest BCUT2D eigenvalue weighted by Gasteiger charge is 2.31. The molecule has 21 heavy (non-hydrogen) atoms. The Morgan fingerprint density at radius 3 is 2.33 bits per heavy atom. The molecule has 0 fully saturated rings. The lowest BCUT2D eigenvalue weighted by Gasteiger charge is -2.18. The molecule has 0 saturated carbocycles. The fourth-order valence-corrected chi connectivity index (χ4v) is 2.18. The molecule has 0 saturated heterocycles. The molecule has 0 radical (unpaired) electrons. The van der Waals surface area contributed by atoms with Gasteiger partial charge in [-0.15, -0.1) is 0 Å². The summed E-state index contributed by atoms with van der Waals surface area (Å²) in [6, 6.07) is 8.76. The summed E-state index contributed by atoms with van der Waals surface area (Å²) in [5.41, 5.74) is -0.0921. The highest BCUT2D eigenvalue weighted by Crippen LogP contribution is 2.35. The molecule has 0 aliphatic rings. The van der Waals surface area contributed by atoms with Gasteiger partial charge in [-0.05, 0) is 31.2 Å². The van der Waals surface area contributed by atoms with Crippen molar-refractivity contribution in [2.75, 3.05) is 5.32 Å². The summed E-state index contributed by atoms with van der Waals surface area (Å²) in [5.74, 6) is -0.388. The first-order valence-electron chi connectivity index (χ1n) is 6.16. The zero-order valence-electron chi connectivity index (χ0n) is 11.0. The van der Waals surface area contributed by atoms with Gasteiger partial charge in [-0.1, -0.05) is 29.8 Å². The third-order valence-corrected chi connectivity index (χ3v) is 3.35. The van der Waals surface area contributed by atoms with Crippen LogP contribution in [-0.4, -0.2) is 0 Å². The zero-order chi connectivity index (χ0) is 15.6. The van der Waals surface area contributed by atoms with Gasteiger partial charge in [-0.3, -0.25) is 0 Å². The van der Waals surface area contributed by atoms with Gasteiger partial charge in [-0.25, -0.2) is 4.39 Å². The molecule has 0 aliphatic carbocycles. The second kappa shape index (κ2) is 5.93. The van der Waals surface area contributed by atoms with Crippen molar-refractivity contribution in [3.05, 3.63) is 64.4 Å². The van der Waals surface area contributed by atoms with Gasteiger partial charge < -0.3 is 5.32 Å². The Kier molecular flexibility index (Phi) is 4.42. The molecule has 112 valence electrons. The summed E-state index contributed by atoms with van der Waals surface area (Å²) in [6.07, 6.45) is -4.45. The zero-order valence-corrected chi connectivity index (χ0v) is 11.8. The lowest BCUT2D eigenvalue weighted by atomic mass is 10.1. The summed E-state index contributed by atoms with van der Waals surface area (Å²) in [4.78, 5) is 0. The van der Waals surface area contributed by atoms with E-state index in [0.717, 1.165) is 12.1 Å². The van der Waals surface area contributed by atoms with Gasteiger partial charge in [0.05, 0.1) is 22.3 Å². The minimum atomic E-state index is -4.45. The van der Waals surface area contributed by atoms with E-state index in [2.05, 4.69) is 5.32 Å². The molecular weight excluding hydrogens is 306 g/mol. The second-order valence-electron chi connectivity index (χ2n) is 4.58. The number of rotatable bonds is 3. The van der Waals surface area contributed by atoms with Crippen LogP contribution in [0.15, 0.2) is 42.5 Å². The van der Waals surface area contributed by atoms with Crippen LogP contribution < -0.4 is 5.32 Å². The molecule has 0 aliphatic heterocycles. The van der Waals surface area contributed by atoms with Crippen LogP contribution in [-0.2, 0) is 6.18 Å². The van der Waals surface area contributed by atoms with Crippen molar-refractivity contribution < 1.29 is 17.6 Å². The topological polar surface area (TPSA) is 12.0 Å². The van der Waals surface area contributed by atoms with E-state index in [9.17, 15) is 17.6 Å². The third kappa shape index (κ3) is 3.67. The second-order valence-corrected chi connectivity index (χ2v) is 4.99. The average Bonchev–Trinajstić information content (AvgIpc) is 2.40. The maximum Gasteiger partial charge on any atom is 0.416 e. The summed E-state index contributed by atoms with van der Waals surface area (Å²) in [6.45, 7) is 1.70. The molecule has 0 heterocycles. The maximum absolute atomic E-state index is 13.6. The number of hydrogen-bond donors (Lipinski definition) is 1. The molecule has 0 amide bonds. The predicted octanol–water partition coefficient (Wildman–Crippen LogP) is 5.67. The standard InChI is InChI=1S/C15H12ClF4N/c1-9(11-4-2-3-5-13(11)17)21-14-7-6-10(8-12(14)16)15(18,19)20/h2-9,21H,1H3. The Balaban J connectivity index is 2.23. The average molecular weight is 318 g/mol. The Morgan fingerprint density at radius 1 is 1.10 bits per heavy atom. The minimum Gasteiger partial charge on any atom is -0.377 e. The van der Waals surface area contributed by atoms with Crippen LogP contribution in [0.3, 0.4) is 0 Å². The van der Waals surface area contributed by atoms with Gasteiger partial charge in [-0.2, -0.15) is 13.2 Å². The number of hydrogen-bond acceptors (Lipinski definition) is 1. The summed E-state index contributed by atoms with van der Waals surface area (Å²) < 4.78 is 51.3. The molecule has 2 aromatic carbocycles. The van der Waals surface area contributed by atoms with Gasteiger partial charge in [0.25, 0.3) is 0 Å². The van der Waals surface area contributed by atoms with Crippen LogP contribution in [0.1, 0.15) is 24.1 Å². The number of halogens is 5. The molecule has 2 aromatic rings. The number of anilines is 1. The van der Waals surface area contributed by atoms with Crippen molar-refractivity contribution in [2.45, 2.75) is 19.1 Å². The van der Waals surface area contributed by atoms with Gasteiger partial charge >= 0.3 is 6.18 Å². The Hall–Kier alpha value is -1.75. The van der Waals surface area contributed by atoms with Crippen molar-refractivity contribution in [1.82, 2.24) is 0 Å². The third-order valence-electron chi connectivity index (χ3n) is 3.04. The number of benzene rings is 2. The largest absolute Gasteiger partial charge is 0.416 e. The van der Waals surface area contributed by atoms with Gasteiger partial charge in [0.15, 0.2) is 0 Å². The van der Waals surface area contributed by atoms with E-state index in [1.54, 1.807) is 25.1 Å². The van der Waals surface area contributed by atoms with Crippen LogP contribution in [0, 0.1) is 5.82 Å². The molecule has 1 N–H and O–H groups in total. The lowest BCUT2D eigenvalue weighted by Crippen LogP contribution is -2.10. The fourth-order valence-electron chi connectivity index (χ4n) is 1.95. The van der Waals surface area contributed by atoms with Gasteiger partial charge in [0.1, 0.15) is 5.82 Å². The molecule has 0 aromatic heterocycles. The van der Waals surface area contributed by atoms with Gasteiger partial charge in [0, 0.05) is 5.56 Å². The Bertz CT molecular complexity index is 640. The SMILES string of the molecule is CC(Nc1ccc(C(F)(F)F)cc1Cl)c1ccccc1F. The van der Waals surface area contributed by atoms with Crippen LogP contribution >= 0.6 is 11.6 Å². The summed E-state index contributed by atoms with van der Waals surface area (Å²) in [7, 11) is 0. The molecule has 0 spiro atoms. The van der Waals surface area contributed by atoms with Crippen molar-refractivity contribution in [3.8, 4) is 0 Å². The minimum absolute atomic E-state index is 0.0620. The first-order chi connectivity index (χ1) is 9.79. The normalized spacial score (nSPS) is 13.0. The Morgan fingerprint density at radius 2 is 1.76 bits per heavy atom. The quantitative estimate of drug-likeness (QED) is 0.719. The highest BCUT2D eigenvalue weighted by atomic mass is 35.5. The Labute approximate surface area is 124 Å². The first-order valence-corrected chi connectivity index (χ1v) is 6.54. The summed E-state index contributed by atoms with van der Waals surface area (Å²) in [5, 5.41) is 2.84. The van der Waals surface area contributed by atoms with Crippen LogP contribution in [0.2, 0.25) is 5.02 Å². The summed E-state index contributed by atoms with van der Waals surface area (Å²) >= 11 is 5.85. The van der Waals surface area contributed by atoms with E-state index in [-0.39, 0.29) is 10.8 Å². The van der Waals surface area contributed by atoms with Gasteiger partial charge in [0.2, 0.25) is 0 Å². The van der Waals surface area contributed by atoms with E-state index >= 15 is 0 Å². The molecule has 1 nitrogen and oxygen atoms in total. The fraction of sp³-hybridized carbons (Fsp3) is 0.200. The highest BCUT2D eigenvalue weighted by molar-refractivity contribution is 6.33. The van der Waals surface area contributed by atoms with E-state index in [4.69, 9.17) is 11.6 Å². The predicted molar refractivity (Wildman–Crippen MR) is 74.9 cm³/mol. The van der Waals surface area contributed by atoms with E-state index in [0.29, 0.717) is 11.3 Å². The molecule has 1 atom stereocenters. The molecule has 0 bridgehead atoms. The smallest absolute Gasteiger partial charge is 0.377 e. The number of alkyl halides is 3. The molecule has 1 unspecified atom stereocenters. The van der Waals surface area contributed by atoms with Crippen LogP contribution in [0.5, 0.6) is 0 Å². The number of nitrogens with one attached hydrogen (secondary N) is 1. The molecule has 2 rings (SSSR count). The van der Waals surface area contributed by atoms with Crippen molar-refractivity contribution in [1.29, 1.82) is 0 Å². The van der Waals surface area contributed by atoms with E-state index in [1.165, 1.54) is 12.1 Å². The first kappa shape index (κ1) is 15.6. The molecule has 6 heteroatoms. The van der Waals surface area contributed by atoms with Crippen molar-refractivity contribution in [3.63, 3.8) is 0 Å². The van der Waals surface area contributed by atoms with Crippen molar-refractivity contribution in [2.24, 2.45) is 0 Å². The lowest BCUT2D eigenvalue weighted by molar-refractivity contribution is -0.137. The van der Waals surface area contributed by atoms with Crippen LogP contribution in [0.25, 0.3) is 0 Å². The van der Waals surface area contributed by atoms with E-state index < -0.39 is 17.8 Å². The van der Waals surface area contributed by atoms with Crippen molar-refractivity contribution >= 4 is 17.3 Å². The molecular formula is C15H12ClF4N. The van der Waals surface area contributed by atoms with Crippen LogP contribution in [0.4, 0.5) is 23.2 Å².